The molecule has 2 aromatic rings. The molecule has 0 aromatic heterocycles. The van der Waals surface area contributed by atoms with Crippen LogP contribution in [0.15, 0.2) is 41.3 Å². The molecule has 2 aromatic carbocycles. The number of amides is 1. The highest BCUT2D eigenvalue weighted by Crippen LogP contribution is 2.29. The standard InChI is InChI=1S/C25H32N2O5S/c1-3-23(20-9-8-18-6-4-5-7-19(18)16-20)26-33(29,30)21-10-11-24(31-2)22(17-21)25(28)27-12-14-32-15-13-27/h8-11,16-17,23,26H,3-7,12-15H2,1-2H3/t23-/m1/s1. The Kier molecular flexibility index (Phi) is 7.36. The van der Waals surface area contributed by atoms with Crippen LogP contribution in [0.4, 0.5) is 0 Å². The molecule has 1 aliphatic carbocycles. The molecule has 2 aliphatic rings. The first-order valence-electron chi connectivity index (χ1n) is 11.6. The molecule has 33 heavy (non-hydrogen) atoms. The molecule has 1 N–H and O–H groups in total. The number of benzene rings is 2. The fourth-order valence-electron chi connectivity index (χ4n) is 4.57. The molecule has 0 saturated carbocycles. The lowest BCUT2D eigenvalue weighted by Gasteiger charge is -2.27. The lowest BCUT2D eigenvalue weighted by atomic mass is 9.89. The Hall–Kier alpha value is -2.42. The van der Waals surface area contributed by atoms with E-state index in [1.807, 2.05) is 13.0 Å². The first kappa shape index (κ1) is 23.7. The second kappa shape index (κ2) is 10.2. The van der Waals surface area contributed by atoms with E-state index in [-0.39, 0.29) is 22.4 Å². The summed E-state index contributed by atoms with van der Waals surface area (Å²) >= 11 is 0. The third kappa shape index (κ3) is 5.23. The van der Waals surface area contributed by atoms with Crippen LogP contribution >= 0.6 is 0 Å². The maximum Gasteiger partial charge on any atom is 0.257 e. The predicted octanol–water partition coefficient (Wildman–Crippen LogP) is 3.48. The summed E-state index contributed by atoms with van der Waals surface area (Å²) in [5.41, 5.74) is 3.90. The van der Waals surface area contributed by atoms with E-state index in [9.17, 15) is 13.2 Å². The van der Waals surface area contributed by atoms with Crippen molar-refractivity contribution >= 4 is 15.9 Å². The van der Waals surface area contributed by atoms with Gasteiger partial charge >= 0.3 is 0 Å². The van der Waals surface area contributed by atoms with Crippen molar-refractivity contribution in [1.82, 2.24) is 9.62 Å². The van der Waals surface area contributed by atoms with Gasteiger partial charge in [-0.2, -0.15) is 0 Å². The van der Waals surface area contributed by atoms with E-state index in [2.05, 4.69) is 16.9 Å². The SMILES string of the molecule is CC[C@@H](NS(=O)(=O)c1ccc(OC)c(C(=O)N2CCOCC2)c1)c1ccc2c(c1)CCCC2. The molecule has 0 bridgehead atoms. The van der Waals surface area contributed by atoms with Crippen molar-refractivity contribution in [3.63, 3.8) is 0 Å². The van der Waals surface area contributed by atoms with Gasteiger partial charge in [-0.15, -0.1) is 0 Å². The lowest BCUT2D eigenvalue weighted by molar-refractivity contribution is 0.0300. The number of carbonyl (C=O) groups excluding carboxylic acids is 1. The van der Waals surface area contributed by atoms with Gasteiger partial charge in [-0.3, -0.25) is 4.79 Å². The number of nitrogens with zero attached hydrogens (tertiary/aromatic N) is 1. The first-order valence-corrected chi connectivity index (χ1v) is 13.1. The molecule has 7 nitrogen and oxygen atoms in total. The number of rotatable bonds is 7. The number of nitrogens with one attached hydrogen (secondary N) is 1. The molecule has 4 rings (SSSR count). The molecule has 8 heteroatoms. The Labute approximate surface area is 196 Å². The Balaban J connectivity index is 1.60. The zero-order valence-electron chi connectivity index (χ0n) is 19.3. The van der Waals surface area contributed by atoms with Gasteiger partial charge < -0.3 is 14.4 Å². The molecular formula is C25H32N2O5S. The highest BCUT2D eigenvalue weighted by Gasteiger charge is 2.26. The lowest BCUT2D eigenvalue weighted by Crippen LogP contribution is -2.40. The molecule has 0 unspecified atom stereocenters. The molecular weight excluding hydrogens is 440 g/mol. The van der Waals surface area contributed by atoms with Gasteiger partial charge in [0.2, 0.25) is 10.0 Å². The first-order chi connectivity index (χ1) is 15.9. The zero-order valence-corrected chi connectivity index (χ0v) is 20.1. The minimum Gasteiger partial charge on any atom is -0.496 e. The summed E-state index contributed by atoms with van der Waals surface area (Å²) in [5, 5.41) is 0. The average molecular weight is 473 g/mol. The highest BCUT2D eigenvalue weighted by molar-refractivity contribution is 7.89. The van der Waals surface area contributed by atoms with E-state index in [1.165, 1.54) is 43.2 Å². The van der Waals surface area contributed by atoms with Crippen molar-refractivity contribution in [2.45, 2.75) is 50.0 Å². The quantitative estimate of drug-likeness (QED) is 0.667. The summed E-state index contributed by atoms with van der Waals surface area (Å²) < 4.78 is 40.2. The molecule has 0 radical (unpaired) electrons. The summed E-state index contributed by atoms with van der Waals surface area (Å²) in [6, 6.07) is 10.4. The van der Waals surface area contributed by atoms with Gasteiger partial charge in [0, 0.05) is 19.1 Å². The molecule has 1 aliphatic heterocycles. The fourth-order valence-corrected chi connectivity index (χ4v) is 5.90. The maximum absolute atomic E-state index is 13.3. The molecule has 1 amide bonds. The number of hydrogen-bond acceptors (Lipinski definition) is 5. The summed E-state index contributed by atoms with van der Waals surface area (Å²) in [7, 11) is -2.38. The Morgan fingerprint density at radius 1 is 1.09 bits per heavy atom. The largest absolute Gasteiger partial charge is 0.496 e. The van der Waals surface area contributed by atoms with Crippen LogP contribution in [-0.4, -0.2) is 52.6 Å². The van der Waals surface area contributed by atoms with Crippen molar-refractivity contribution in [2.24, 2.45) is 0 Å². The number of morpholine rings is 1. The number of fused-ring (bicyclic) bond motifs is 1. The number of hydrogen-bond donors (Lipinski definition) is 1. The summed E-state index contributed by atoms with van der Waals surface area (Å²) in [6.45, 7) is 3.83. The minimum atomic E-state index is -3.85. The van der Waals surface area contributed by atoms with E-state index in [0.29, 0.717) is 38.5 Å². The number of carbonyl (C=O) groups is 1. The topological polar surface area (TPSA) is 84.9 Å². The van der Waals surface area contributed by atoms with Gasteiger partial charge in [0.15, 0.2) is 0 Å². The van der Waals surface area contributed by atoms with Gasteiger partial charge in [-0.25, -0.2) is 13.1 Å². The van der Waals surface area contributed by atoms with Gasteiger partial charge in [0.05, 0.1) is 30.8 Å². The van der Waals surface area contributed by atoms with E-state index >= 15 is 0 Å². The van der Waals surface area contributed by atoms with Gasteiger partial charge in [-0.1, -0.05) is 25.1 Å². The third-order valence-corrected chi connectivity index (χ3v) is 7.96. The highest BCUT2D eigenvalue weighted by atomic mass is 32.2. The Bertz CT molecular complexity index is 1110. The van der Waals surface area contributed by atoms with E-state index < -0.39 is 10.0 Å². The summed E-state index contributed by atoms with van der Waals surface area (Å²) in [6.07, 6.45) is 5.12. The Morgan fingerprint density at radius 2 is 1.82 bits per heavy atom. The average Bonchev–Trinajstić information content (AvgIpc) is 2.86. The summed E-state index contributed by atoms with van der Waals surface area (Å²) in [4.78, 5) is 14.8. The van der Waals surface area contributed by atoms with Crippen LogP contribution in [0.1, 0.15) is 59.3 Å². The van der Waals surface area contributed by atoms with E-state index in [1.54, 1.807) is 11.0 Å². The number of methoxy groups -OCH3 is 1. The van der Waals surface area contributed by atoms with Crippen LogP contribution in [0.25, 0.3) is 0 Å². The van der Waals surface area contributed by atoms with E-state index in [0.717, 1.165) is 18.4 Å². The Morgan fingerprint density at radius 3 is 2.52 bits per heavy atom. The maximum atomic E-state index is 13.3. The number of ether oxygens (including phenoxy) is 2. The second-order valence-electron chi connectivity index (χ2n) is 8.58. The van der Waals surface area contributed by atoms with E-state index in [4.69, 9.17) is 9.47 Å². The minimum absolute atomic E-state index is 0.0521. The number of aryl methyl sites for hydroxylation is 2. The monoisotopic (exact) mass is 472 g/mol. The van der Waals surface area contributed by atoms with Crippen molar-refractivity contribution in [1.29, 1.82) is 0 Å². The molecule has 1 heterocycles. The van der Waals surface area contributed by atoms with Crippen LogP contribution in [0.3, 0.4) is 0 Å². The zero-order chi connectivity index (χ0) is 23.4. The molecule has 1 atom stereocenters. The predicted molar refractivity (Wildman–Crippen MR) is 126 cm³/mol. The fraction of sp³-hybridized carbons (Fsp3) is 0.480. The van der Waals surface area contributed by atoms with Crippen molar-refractivity contribution in [2.75, 3.05) is 33.4 Å². The molecule has 1 saturated heterocycles. The normalized spacial score (nSPS) is 17.3. The van der Waals surface area contributed by atoms with Crippen molar-refractivity contribution < 1.29 is 22.7 Å². The van der Waals surface area contributed by atoms with Crippen molar-refractivity contribution in [3.8, 4) is 5.75 Å². The smallest absolute Gasteiger partial charge is 0.257 e. The van der Waals surface area contributed by atoms with Crippen LogP contribution in [0.2, 0.25) is 0 Å². The van der Waals surface area contributed by atoms with Crippen molar-refractivity contribution in [3.05, 3.63) is 58.7 Å². The second-order valence-corrected chi connectivity index (χ2v) is 10.3. The van der Waals surface area contributed by atoms with Gasteiger partial charge in [-0.05, 0) is 67.0 Å². The molecule has 0 spiro atoms. The van der Waals surface area contributed by atoms with Gasteiger partial charge in [0.25, 0.3) is 5.91 Å². The van der Waals surface area contributed by atoms with Crippen LogP contribution in [0.5, 0.6) is 5.75 Å². The van der Waals surface area contributed by atoms with Gasteiger partial charge in [0.1, 0.15) is 5.75 Å². The molecule has 178 valence electrons. The van der Waals surface area contributed by atoms with Crippen LogP contribution in [0, 0.1) is 0 Å². The summed E-state index contributed by atoms with van der Waals surface area (Å²) in [5.74, 6) is 0.0982. The van der Waals surface area contributed by atoms with Crippen LogP contribution < -0.4 is 9.46 Å². The molecule has 1 fully saturated rings. The van der Waals surface area contributed by atoms with Crippen LogP contribution in [-0.2, 0) is 27.6 Å². The number of sulfonamides is 1. The third-order valence-electron chi connectivity index (χ3n) is 6.49.